The van der Waals surface area contributed by atoms with Crippen LogP contribution in [0.1, 0.15) is 19.3 Å². The number of nitro benzene ring substituents is 1. The molecule has 1 saturated carbocycles. The molecule has 7 nitrogen and oxygen atoms in total. The Morgan fingerprint density at radius 1 is 1.29 bits per heavy atom. The topological polar surface area (TPSA) is 75.9 Å². The SMILES string of the molecule is COc1cc(F)c([N+](=O)[O-])c(N2CCCN(C(=O)C3CC3)CC2)c1. The summed E-state index contributed by atoms with van der Waals surface area (Å²) in [6.45, 7) is 2.09. The molecule has 130 valence electrons. The van der Waals surface area contributed by atoms with Gasteiger partial charge >= 0.3 is 5.69 Å². The van der Waals surface area contributed by atoms with E-state index in [-0.39, 0.29) is 23.3 Å². The van der Waals surface area contributed by atoms with Gasteiger partial charge in [0, 0.05) is 44.2 Å². The maximum Gasteiger partial charge on any atom is 0.328 e. The van der Waals surface area contributed by atoms with Crippen LogP contribution in [0.2, 0.25) is 0 Å². The summed E-state index contributed by atoms with van der Waals surface area (Å²) in [5.41, 5.74) is -0.338. The zero-order chi connectivity index (χ0) is 17.3. The first-order chi connectivity index (χ1) is 11.5. The van der Waals surface area contributed by atoms with Crippen molar-refractivity contribution in [1.29, 1.82) is 0 Å². The number of amides is 1. The normalized spacial score (nSPS) is 18.2. The van der Waals surface area contributed by atoms with Gasteiger partial charge in [-0.05, 0) is 19.3 Å². The van der Waals surface area contributed by atoms with Crippen LogP contribution < -0.4 is 9.64 Å². The first-order valence-corrected chi connectivity index (χ1v) is 8.07. The molecule has 0 unspecified atom stereocenters. The van der Waals surface area contributed by atoms with Crippen LogP contribution >= 0.6 is 0 Å². The summed E-state index contributed by atoms with van der Waals surface area (Å²) >= 11 is 0. The minimum absolute atomic E-state index is 0.153. The van der Waals surface area contributed by atoms with Gasteiger partial charge in [-0.3, -0.25) is 14.9 Å². The molecule has 0 bridgehead atoms. The van der Waals surface area contributed by atoms with Gasteiger partial charge in [0.05, 0.1) is 12.0 Å². The molecule has 2 aliphatic rings. The average Bonchev–Trinajstić information content (AvgIpc) is 3.39. The van der Waals surface area contributed by atoms with Crippen molar-refractivity contribution in [2.75, 3.05) is 38.2 Å². The predicted octanol–water partition coefficient (Wildman–Crippen LogP) is 2.19. The number of methoxy groups -OCH3 is 1. The average molecular weight is 337 g/mol. The van der Waals surface area contributed by atoms with E-state index >= 15 is 0 Å². The molecule has 2 fully saturated rings. The molecule has 1 amide bonds. The number of halogens is 1. The highest BCUT2D eigenvalue weighted by atomic mass is 19.1. The lowest BCUT2D eigenvalue weighted by atomic mass is 10.2. The highest BCUT2D eigenvalue weighted by Crippen LogP contribution is 2.36. The highest BCUT2D eigenvalue weighted by molar-refractivity contribution is 5.81. The van der Waals surface area contributed by atoms with Gasteiger partial charge < -0.3 is 14.5 Å². The lowest BCUT2D eigenvalue weighted by Crippen LogP contribution is -2.36. The fourth-order valence-electron chi connectivity index (χ4n) is 3.07. The van der Waals surface area contributed by atoms with Gasteiger partial charge in [0.1, 0.15) is 11.4 Å². The highest BCUT2D eigenvalue weighted by Gasteiger charge is 2.34. The Morgan fingerprint density at radius 2 is 2.04 bits per heavy atom. The van der Waals surface area contributed by atoms with E-state index < -0.39 is 16.4 Å². The molecule has 24 heavy (non-hydrogen) atoms. The van der Waals surface area contributed by atoms with E-state index in [1.54, 1.807) is 4.90 Å². The zero-order valence-electron chi connectivity index (χ0n) is 13.5. The molecular formula is C16H20FN3O4. The summed E-state index contributed by atoms with van der Waals surface area (Å²) in [4.78, 5) is 26.4. The summed E-state index contributed by atoms with van der Waals surface area (Å²) in [7, 11) is 1.39. The maximum absolute atomic E-state index is 14.1. The molecule has 1 heterocycles. The molecule has 0 atom stereocenters. The Morgan fingerprint density at radius 3 is 2.67 bits per heavy atom. The minimum Gasteiger partial charge on any atom is -0.497 e. The molecule has 1 aliphatic heterocycles. The second kappa shape index (κ2) is 6.62. The van der Waals surface area contributed by atoms with Gasteiger partial charge in [-0.15, -0.1) is 0 Å². The first kappa shape index (κ1) is 16.5. The standard InChI is InChI=1S/C16H20FN3O4/c1-24-12-9-13(17)15(20(22)23)14(10-12)18-5-2-6-19(8-7-18)16(21)11-3-4-11/h9-11H,2-8H2,1H3. The zero-order valence-corrected chi connectivity index (χ0v) is 13.5. The molecule has 0 N–H and O–H groups in total. The summed E-state index contributed by atoms with van der Waals surface area (Å²) in [5, 5.41) is 11.3. The number of ether oxygens (including phenoxy) is 1. The molecule has 1 aromatic rings. The van der Waals surface area contributed by atoms with Gasteiger partial charge in [0.15, 0.2) is 0 Å². The van der Waals surface area contributed by atoms with Crippen LogP contribution in [0.5, 0.6) is 5.75 Å². The summed E-state index contributed by atoms with van der Waals surface area (Å²) in [6, 6.07) is 2.50. The molecule has 0 spiro atoms. The third-order valence-corrected chi connectivity index (χ3v) is 4.51. The monoisotopic (exact) mass is 337 g/mol. The van der Waals surface area contributed by atoms with Crippen LogP contribution in [0.15, 0.2) is 12.1 Å². The van der Waals surface area contributed by atoms with Gasteiger partial charge in [-0.25, -0.2) is 0 Å². The molecule has 1 saturated heterocycles. The van der Waals surface area contributed by atoms with Crippen LogP contribution in [0.3, 0.4) is 0 Å². The third-order valence-electron chi connectivity index (χ3n) is 4.51. The fourth-order valence-corrected chi connectivity index (χ4v) is 3.07. The van der Waals surface area contributed by atoms with E-state index in [2.05, 4.69) is 0 Å². The number of rotatable bonds is 4. The summed E-state index contributed by atoms with van der Waals surface area (Å²) in [5.74, 6) is -0.351. The fraction of sp³-hybridized carbons (Fsp3) is 0.562. The second-order valence-corrected chi connectivity index (χ2v) is 6.17. The Kier molecular flexibility index (Phi) is 4.55. The van der Waals surface area contributed by atoms with Crippen LogP contribution in [0.4, 0.5) is 15.8 Å². The smallest absolute Gasteiger partial charge is 0.328 e. The number of hydrogen-bond acceptors (Lipinski definition) is 5. The number of benzene rings is 1. The molecule has 0 radical (unpaired) electrons. The second-order valence-electron chi connectivity index (χ2n) is 6.17. The Labute approximate surface area is 139 Å². The van der Waals surface area contributed by atoms with E-state index in [1.807, 2.05) is 4.90 Å². The van der Waals surface area contributed by atoms with E-state index in [0.717, 1.165) is 18.9 Å². The van der Waals surface area contributed by atoms with E-state index in [0.29, 0.717) is 32.6 Å². The van der Waals surface area contributed by atoms with Crippen LogP contribution in [-0.2, 0) is 4.79 Å². The Hall–Kier alpha value is -2.38. The van der Waals surface area contributed by atoms with Crippen molar-refractivity contribution in [2.45, 2.75) is 19.3 Å². The predicted molar refractivity (Wildman–Crippen MR) is 85.7 cm³/mol. The van der Waals surface area contributed by atoms with Gasteiger partial charge in [-0.1, -0.05) is 0 Å². The van der Waals surface area contributed by atoms with Crippen LogP contribution in [-0.4, -0.2) is 49.0 Å². The van der Waals surface area contributed by atoms with Crippen molar-refractivity contribution in [3.63, 3.8) is 0 Å². The summed E-state index contributed by atoms with van der Waals surface area (Å²) < 4.78 is 19.1. The minimum atomic E-state index is -0.912. The van der Waals surface area contributed by atoms with Crippen molar-refractivity contribution >= 4 is 17.3 Å². The third kappa shape index (κ3) is 3.27. The number of carbonyl (C=O) groups excluding carboxylic acids is 1. The molecule has 1 aromatic carbocycles. The van der Waals surface area contributed by atoms with Crippen molar-refractivity contribution in [3.05, 3.63) is 28.1 Å². The summed E-state index contributed by atoms with van der Waals surface area (Å²) in [6.07, 6.45) is 2.59. The lowest BCUT2D eigenvalue weighted by Gasteiger charge is -2.24. The molecule has 3 rings (SSSR count). The van der Waals surface area contributed by atoms with Crippen molar-refractivity contribution in [1.82, 2.24) is 4.90 Å². The van der Waals surface area contributed by atoms with E-state index in [1.165, 1.54) is 13.2 Å². The Balaban J connectivity index is 1.84. The molecular weight excluding hydrogens is 317 g/mol. The number of carbonyl (C=O) groups is 1. The van der Waals surface area contributed by atoms with Crippen molar-refractivity contribution in [3.8, 4) is 5.75 Å². The lowest BCUT2D eigenvalue weighted by molar-refractivity contribution is -0.386. The maximum atomic E-state index is 14.1. The largest absolute Gasteiger partial charge is 0.497 e. The van der Waals surface area contributed by atoms with Gasteiger partial charge in [-0.2, -0.15) is 4.39 Å². The number of anilines is 1. The van der Waals surface area contributed by atoms with E-state index in [9.17, 15) is 19.3 Å². The number of nitrogens with zero attached hydrogens (tertiary/aromatic N) is 3. The molecule has 0 aromatic heterocycles. The molecule has 8 heteroatoms. The Bertz CT molecular complexity index is 663. The first-order valence-electron chi connectivity index (χ1n) is 8.07. The van der Waals surface area contributed by atoms with Crippen molar-refractivity contribution in [2.24, 2.45) is 5.92 Å². The van der Waals surface area contributed by atoms with E-state index in [4.69, 9.17) is 4.74 Å². The van der Waals surface area contributed by atoms with Crippen LogP contribution in [0, 0.1) is 21.8 Å². The quantitative estimate of drug-likeness (QED) is 0.622. The molecule has 1 aliphatic carbocycles. The van der Waals surface area contributed by atoms with Crippen LogP contribution in [0.25, 0.3) is 0 Å². The van der Waals surface area contributed by atoms with Gasteiger partial charge in [0.2, 0.25) is 11.7 Å². The number of hydrogen-bond donors (Lipinski definition) is 0. The van der Waals surface area contributed by atoms with Crippen molar-refractivity contribution < 1.29 is 18.8 Å². The van der Waals surface area contributed by atoms with Gasteiger partial charge in [0.25, 0.3) is 0 Å². The number of nitro groups is 1.